The fourth-order valence-electron chi connectivity index (χ4n) is 3.72. The maximum Gasteiger partial charge on any atom is 0.335 e. The summed E-state index contributed by atoms with van der Waals surface area (Å²) < 4.78 is 2.07. The predicted octanol–water partition coefficient (Wildman–Crippen LogP) is 4.07. The van der Waals surface area contributed by atoms with Gasteiger partial charge in [-0.25, -0.2) is 9.69 Å². The second-order valence-electron chi connectivity index (χ2n) is 7.29. The van der Waals surface area contributed by atoms with Gasteiger partial charge < -0.3 is 4.57 Å². The third-order valence-corrected chi connectivity index (χ3v) is 5.15. The van der Waals surface area contributed by atoms with Crippen LogP contribution in [0.4, 0.5) is 10.5 Å². The van der Waals surface area contributed by atoms with Crippen LogP contribution >= 0.6 is 0 Å². The van der Waals surface area contributed by atoms with Gasteiger partial charge in [-0.05, 0) is 68.3 Å². The molecule has 1 aliphatic rings. The Balaban J connectivity index is 1.77. The molecule has 0 radical (unpaired) electrons. The van der Waals surface area contributed by atoms with Gasteiger partial charge in [-0.3, -0.25) is 14.9 Å². The lowest BCUT2D eigenvalue weighted by Crippen LogP contribution is -2.54. The van der Waals surface area contributed by atoms with Crippen molar-refractivity contribution in [3.05, 3.63) is 88.8 Å². The van der Waals surface area contributed by atoms with Crippen molar-refractivity contribution in [1.82, 2.24) is 9.88 Å². The van der Waals surface area contributed by atoms with E-state index in [9.17, 15) is 14.4 Å². The normalized spacial score (nSPS) is 15.6. The summed E-state index contributed by atoms with van der Waals surface area (Å²) in [5, 5.41) is 2.26. The first-order chi connectivity index (χ1) is 14.4. The molecule has 1 fully saturated rings. The van der Waals surface area contributed by atoms with E-state index in [-0.39, 0.29) is 5.57 Å². The highest BCUT2D eigenvalue weighted by atomic mass is 16.2. The first-order valence-corrected chi connectivity index (χ1v) is 9.59. The third kappa shape index (κ3) is 3.33. The summed E-state index contributed by atoms with van der Waals surface area (Å²) in [6.07, 6.45) is 1.55. The van der Waals surface area contributed by atoms with Crippen molar-refractivity contribution in [2.45, 2.75) is 20.8 Å². The predicted molar refractivity (Wildman–Crippen MR) is 115 cm³/mol. The number of carbonyl (C=O) groups is 3. The number of aromatic nitrogens is 1. The molecule has 1 saturated heterocycles. The van der Waals surface area contributed by atoms with Gasteiger partial charge >= 0.3 is 6.03 Å². The van der Waals surface area contributed by atoms with Crippen molar-refractivity contribution in [3.8, 4) is 5.69 Å². The molecular weight excluding hydrogens is 378 g/mol. The van der Waals surface area contributed by atoms with Crippen LogP contribution in [0.5, 0.6) is 0 Å². The summed E-state index contributed by atoms with van der Waals surface area (Å²) in [4.78, 5) is 38.8. The van der Waals surface area contributed by atoms with Crippen molar-refractivity contribution < 1.29 is 14.4 Å². The van der Waals surface area contributed by atoms with Crippen LogP contribution in [0.15, 0.2) is 66.2 Å². The molecule has 2 heterocycles. The fraction of sp³-hybridized carbons (Fsp3) is 0.125. The summed E-state index contributed by atoms with van der Waals surface area (Å²) in [6.45, 7) is 5.94. The smallest absolute Gasteiger partial charge is 0.318 e. The van der Waals surface area contributed by atoms with Crippen molar-refractivity contribution in [3.63, 3.8) is 0 Å². The van der Waals surface area contributed by atoms with E-state index >= 15 is 0 Å². The van der Waals surface area contributed by atoms with E-state index in [2.05, 4.69) is 16.0 Å². The molecule has 4 amide bonds. The van der Waals surface area contributed by atoms with Crippen LogP contribution in [0, 0.1) is 20.8 Å². The monoisotopic (exact) mass is 399 g/mol. The number of barbiturate groups is 1. The molecule has 150 valence electrons. The Labute approximate surface area is 174 Å². The van der Waals surface area contributed by atoms with Gasteiger partial charge in [0.05, 0.1) is 5.69 Å². The van der Waals surface area contributed by atoms with E-state index in [0.29, 0.717) is 5.69 Å². The summed E-state index contributed by atoms with van der Waals surface area (Å²) in [6, 6.07) is 17.8. The third-order valence-electron chi connectivity index (χ3n) is 5.15. The fourth-order valence-corrected chi connectivity index (χ4v) is 3.72. The number of imide groups is 2. The Kier molecular flexibility index (Phi) is 4.83. The van der Waals surface area contributed by atoms with E-state index in [4.69, 9.17) is 0 Å². The van der Waals surface area contributed by atoms with Gasteiger partial charge in [0.1, 0.15) is 5.57 Å². The highest BCUT2D eigenvalue weighted by molar-refractivity contribution is 6.39. The lowest BCUT2D eigenvalue weighted by Gasteiger charge is -2.26. The van der Waals surface area contributed by atoms with E-state index in [1.165, 1.54) is 0 Å². The van der Waals surface area contributed by atoms with E-state index in [1.54, 1.807) is 36.4 Å². The van der Waals surface area contributed by atoms with Gasteiger partial charge in [-0.15, -0.1) is 0 Å². The van der Waals surface area contributed by atoms with Gasteiger partial charge in [0.2, 0.25) is 0 Å². The molecule has 0 unspecified atom stereocenters. The van der Waals surface area contributed by atoms with Crippen LogP contribution in [-0.2, 0) is 9.59 Å². The van der Waals surface area contributed by atoms with E-state index < -0.39 is 17.8 Å². The standard InChI is InChI=1S/C24H21N3O3/c1-15-8-7-11-20(12-15)26-16(2)13-18(17(26)3)14-21-22(28)25-24(30)27(23(21)29)19-9-5-4-6-10-19/h4-14H,1-3H3,(H,25,28,30)/b21-14+. The molecule has 0 aliphatic carbocycles. The second kappa shape index (κ2) is 7.48. The maximum absolute atomic E-state index is 13.0. The van der Waals surface area contributed by atoms with Gasteiger partial charge in [-0.2, -0.15) is 0 Å². The van der Waals surface area contributed by atoms with E-state index in [1.807, 2.05) is 45.0 Å². The summed E-state index contributed by atoms with van der Waals surface area (Å²) in [5.41, 5.74) is 5.09. The van der Waals surface area contributed by atoms with Crippen molar-refractivity contribution in [2.75, 3.05) is 4.90 Å². The molecule has 4 rings (SSSR count). The van der Waals surface area contributed by atoms with Gasteiger partial charge in [0.25, 0.3) is 11.8 Å². The van der Waals surface area contributed by atoms with Crippen LogP contribution in [0.1, 0.15) is 22.5 Å². The van der Waals surface area contributed by atoms with Crippen molar-refractivity contribution in [1.29, 1.82) is 0 Å². The molecule has 1 aliphatic heterocycles. The molecule has 2 aromatic carbocycles. The molecular formula is C24H21N3O3. The average molecular weight is 399 g/mol. The minimum Gasteiger partial charge on any atom is -0.318 e. The van der Waals surface area contributed by atoms with E-state index in [0.717, 1.165) is 33.1 Å². The van der Waals surface area contributed by atoms with Crippen LogP contribution < -0.4 is 10.2 Å². The Morgan fingerprint density at radius 1 is 0.833 bits per heavy atom. The lowest BCUT2D eigenvalue weighted by molar-refractivity contribution is -0.122. The largest absolute Gasteiger partial charge is 0.335 e. The van der Waals surface area contributed by atoms with Crippen LogP contribution in [0.2, 0.25) is 0 Å². The molecule has 3 aromatic rings. The number of nitrogens with one attached hydrogen (secondary N) is 1. The number of rotatable bonds is 3. The molecule has 0 atom stereocenters. The molecule has 0 bridgehead atoms. The Morgan fingerprint density at radius 2 is 1.53 bits per heavy atom. The maximum atomic E-state index is 13.0. The number of urea groups is 1. The molecule has 0 spiro atoms. The number of benzene rings is 2. The summed E-state index contributed by atoms with van der Waals surface area (Å²) in [7, 11) is 0. The number of anilines is 1. The molecule has 6 nitrogen and oxygen atoms in total. The Hall–Kier alpha value is -3.93. The summed E-state index contributed by atoms with van der Waals surface area (Å²) >= 11 is 0. The zero-order chi connectivity index (χ0) is 21.4. The molecule has 1 aromatic heterocycles. The van der Waals surface area contributed by atoms with Crippen molar-refractivity contribution >= 4 is 29.6 Å². The minimum absolute atomic E-state index is 0.0806. The molecule has 6 heteroatoms. The molecule has 0 saturated carbocycles. The van der Waals surface area contributed by atoms with Crippen LogP contribution in [-0.4, -0.2) is 22.4 Å². The average Bonchev–Trinajstić information content (AvgIpc) is 2.99. The first-order valence-electron chi connectivity index (χ1n) is 9.59. The zero-order valence-corrected chi connectivity index (χ0v) is 17.0. The minimum atomic E-state index is -0.751. The quantitative estimate of drug-likeness (QED) is 0.533. The van der Waals surface area contributed by atoms with Crippen LogP contribution in [0.25, 0.3) is 11.8 Å². The Bertz CT molecular complexity index is 1210. The van der Waals surface area contributed by atoms with Gasteiger partial charge in [0.15, 0.2) is 0 Å². The number of hydrogen-bond donors (Lipinski definition) is 1. The number of aryl methyl sites for hydroxylation is 2. The first kappa shape index (κ1) is 19.4. The van der Waals surface area contributed by atoms with Gasteiger partial charge in [0, 0.05) is 17.1 Å². The number of hydrogen-bond acceptors (Lipinski definition) is 3. The summed E-state index contributed by atoms with van der Waals surface area (Å²) in [5.74, 6) is -1.34. The highest BCUT2D eigenvalue weighted by Gasteiger charge is 2.36. The topological polar surface area (TPSA) is 71.4 Å². The SMILES string of the molecule is Cc1cccc(-n2c(C)cc(/C=C3\C(=O)NC(=O)N(c4ccccc4)C3=O)c2C)c1. The number of nitrogens with zero attached hydrogens (tertiary/aromatic N) is 2. The number of amides is 4. The number of para-hydroxylation sites is 1. The molecule has 1 N–H and O–H groups in total. The Morgan fingerprint density at radius 3 is 2.23 bits per heavy atom. The second-order valence-corrected chi connectivity index (χ2v) is 7.29. The molecule has 30 heavy (non-hydrogen) atoms. The zero-order valence-electron chi connectivity index (χ0n) is 17.0. The van der Waals surface area contributed by atoms with Gasteiger partial charge in [-0.1, -0.05) is 30.3 Å². The van der Waals surface area contributed by atoms with Crippen molar-refractivity contribution in [2.24, 2.45) is 0 Å². The lowest BCUT2D eigenvalue weighted by atomic mass is 10.1. The van der Waals surface area contributed by atoms with Crippen LogP contribution in [0.3, 0.4) is 0 Å². The number of carbonyl (C=O) groups excluding carboxylic acids is 3. The highest BCUT2D eigenvalue weighted by Crippen LogP contribution is 2.26.